The third kappa shape index (κ3) is 3.32. The van der Waals surface area contributed by atoms with Crippen molar-refractivity contribution in [3.05, 3.63) is 20.8 Å². The van der Waals surface area contributed by atoms with Crippen LogP contribution in [0.25, 0.3) is 0 Å². The van der Waals surface area contributed by atoms with Crippen molar-refractivity contribution in [2.24, 2.45) is 0 Å². The molecule has 0 saturated carbocycles. The van der Waals surface area contributed by atoms with Crippen molar-refractivity contribution >= 4 is 39.1 Å². The van der Waals surface area contributed by atoms with Crippen molar-refractivity contribution in [3.8, 4) is 0 Å². The van der Waals surface area contributed by atoms with Crippen LogP contribution >= 0.6 is 27.3 Å². The fourth-order valence-electron chi connectivity index (χ4n) is 1.02. The number of likely N-dealkylation sites (N-methyl/N-ethyl adjacent to an activating group) is 1. The minimum Gasteiger partial charge on any atom is -0.462 e. The molecule has 4 nitrogen and oxygen atoms in total. The van der Waals surface area contributed by atoms with Crippen molar-refractivity contribution in [1.29, 1.82) is 0 Å². The molecule has 0 N–H and O–H groups in total. The van der Waals surface area contributed by atoms with Gasteiger partial charge in [-0.3, -0.25) is 4.79 Å². The molecule has 0 saturated heterocycles. The lowest BCUT2D eigenvalue weighted by Crippen LogP contribution is -2.33. The summed E-state index contributed by atoms with van der Waals surface area (Å²) < 4.78 is 5.34. The standard InChI is InChI=1S/C9H10BrNO3S/c1-11(8(12)9(13)14-2)4-6-3-7(10)15-5-6/h3,5H,4H2,1-2H3. The predicted octanol–water partition coefficient (Wildman–Crippen LogP) is 1.64. The van der Waals surface area contributed by atoms with E-state index in [-0.39, 0.29) is 0 Å². The zero-order valence-corrected chi connectivity index (χ0v) is 10.7. The van der Waals surface area contributed by atoms with Crippen LogP contribution in [-0.4, -0.2) is 30.9 Å². The summed E-state index contributed by atoms with van der Waals surface area (Å²) >= 11 is 4.86. The summed E-state index contributed by atoms with van der Waals surface area (Å²) in [4.78, 5) is 23.6. The Labute approximate surface area is 100.0 Å². The summed E-state index contributed by atoms with van der Waals surface area (Å²) in [6.45, 7) is 0.399. The van der Waals surface area contributed by atoms with Crippen molar-refractivity contribution in [2.75, 3.05) is 14.2 Å². The lowest BCUT2D eigenvalue weighted by molar-refractivity contribution is -0.157. The molecule has 6 heteroatoms. The van der Waals surface area contributed by atoms with Gasteiger partial charge in [0.2, 0.25) is 0 Å². The highest BCUT2D eigenvalue weighted by atomic mass is 79.9. The zero-order chi connectivity index (χ0) is 11.4. The van der Waals surface area contributed by atoms with E-state index in [1.54, 1.807) is 7.05 Å². The number of carbonyl (C=O) groups excluding carboxylic acids is 2. The molecule has 0 aromatic carbocycles. The Balaban J connectivity index is 2.59. The topological polar surface area (TPSA) is 46.6 Å². The molecule has 0 aliphatic rings. The third-order valence-electron chi connectivity index (χ3n) is 1.75. The Hall–Kier alpha value is -0.880. The first-order chi connectivity index (χ1) is 7.04. The molecule has 0 fully saturated rings. The van der Waals surface area contributed by atoms with Crippen LogP contribution in [0.4, 0.5) is 0 Å². The number of thiophene rings is 1. The van der Waals surface area contributed by atoms with Gasteiger partial charge in [0, 0.05) is 13.6 Å². The number of halogens is 1. The van der Waals surface area contributed by atoms with Crippen LogP contribution < -0.4 is 0 Å². The predicted molar refractivity (Wildman–Crippen MR) is 60.5 cm³/mol. The number of amides is 1. The van der Waals surface area contributed by atoms with E-state index >= 15 is 0 Å². The first kappa shape index (κ1) is 12.2. The van der Waals surface area contributed by atoms with Crippen LogP contribution in [-0.2, 0) is 20.9 Å². The van der Waals surface area contributed by atoms with E-state index in [0.717, 1.165) is 9.35 Å². The highest BCUT2D eigenvalue weighted by molar-refractivity contribution is 9.11. The molecule has 1 heterocycles. The van der Waals surface area contributed by atoms with E-state index < -0.39 is 11.9 Å². The van der Waals surface area contributed by atoms with E-state index in [4.69, 9.17) is 0 Å². The van der Waals surface area contributed by atoms with Gasteiger partial charge >= 0.3 is 11.9 Å². The molecule has 15 heavy (non-hydrogen) atoms. The second-order valence-corrected chi connectivity index (χ2v) is 5.20. The summed E-state index contributed by atoms with van der Waals surface area (Å²) in [7, 11) is 2.75. The van der Waals surface area contributed by atoms with Gasteiger partial charge < -0.3 is 9.64 Å². The van der Waals surface area contributed by atoms with E-state index in [0.29, 0.717) is 6.54 Å². The Morgan fingerprint density at radius 2 is 2.27 bits per heavy atom. The summed E-state index contributed by atoms with van der Waals surface area (Å²) in [6.07, 6.45) is 0. The Morgan fingerprint density at radius 1 is 1.60 bits per heavy atom. The normalized spacial score (nSPS) is 9.80. The van der Waals surface area contributed by atoms with E-state index in [2.05, 4.69) is 20.7 Å². The van der Waals surface area contributed by atoms with E-state index in [1.807, 2.05) is 11.4 Å². The highest BCUT2D eigenvalue weighted by Gasteiger charge is 2.19. The van der Waals surface area contributed by atoms with Gasteiger partial charge in [-0.2, -0.15) is 0 Å². The largest absolute Gasteiger partial charge is 0.462 e. The second-order valence-electron chi connectivity index (χ2n) is 2.91. The van der Waals surface area contributed by atoms with Crippen LogP contribution in [0, 0.1) is 0 Å². The SMILES string of the molecule is COC(=O)C(=O)N(C)Cc1csc(Br)c1. The molecule has 1 rings (SSSR count). The monoisotopic (exact) mass is 291 g/mol. The zero-order valence-electron chi connectivity index (χ0n) is 8.32. The number of hydrogen-bond acceptors (Lipinski definition) is 4. The van der Waals surface area contributed by atoms with Crippen molar-refractivity contribution in [2.45, 2.75) is 6.54 Å². The lowest BCUT2D eigenvalue weighted by Gasteiger charge is -2.14. The quantitative estimate of drug-likeness (QED) is 0.615. The summed E-state index contributed by atoms with van der Waals surface area (Å²) in [6, 6.07) is 1.91. The van der Waals surface area contributed by atoms with Gasteiger partial charge in [-0.05, 0) is 32.9 Å². The van der Waals surface area contributed by atoms with Gasteiger partial charge in [0.25, 0.3) is 0 Å². The molecule has 0 radical (unpaired) electrons. The summed E-state index contributed by atoms with van der Waals surface area (Å²) in [5, 5.41) is 1.92. The van der Waals surface area contributed by atoms with Gasteiger partial charge in [0.1, 0.15) is 0 Å². The molecular weight excluding hydrogens is 282 g/mol. The molecule has 82 valence electrons. The van der Waals surface area contributed by atoms with Gasteiger partial charge in [-0.25, -0.2) is 4.79 Å². The van der Waals surface area contributed by atoms with Gasteiger partial charge in [0.05, 0.1) is 10.9 Å². The van der Waals surface area contributed by atoms with E-state index in [9.17, 15) is 9.59 Å². The maximum Gasteiger partial charge on any atom is 0.396 e. The van der Waals surface area contributed by atoms with Crippen molar-refractivity contribution in [1.82, 2.24) is 4.90 Å². The molecule has 0 aliphatic heterocycles. The van der Waals surface area contributed by atoms with Crippen LogP contribution in [0.2, 0.25) is 0 Å². The maximum absolute atomic E-state index is 11.3. The van der Waals surface area contributed by atoms with Crippen molar-refractivity contribution in [3.63, 3.8) is 0 Å². The lowest BCUT2D eigenvalue weighted by atomic mass is 10.3. The minimum absolute atomic E-state index is 0.399. The minimum atomic E-state index is -0.841. The third-order valence-corrected chi connectivity index (χ3v) is 3.30. The summed E-state index contributed by atoms with van der Waals surface area (Å²) in [5.41, 5.74) is 0.978. The number of methoxy groups -OCH3 is 1. The second kappa shape index (κ2) is 5.27. The molecule has 0 unspecified atom stereocenters. The molecule has 1 aromatic heterocycles. The van der Waals surface area contributed by atoms with E-state index in [1.165, 1.54) is 23.3 Å². The van der Waals surface area contributed by atoms with Crippen LogP contribution in [0.1, 0.15) is 5.56 Å². The first-order valence-corrected chi connectivity index (χ1v) is 5.78. The van der Waals surface area contributed by atoms with Gasteiger partial charge in [-0.15, -0.1) is 11.3 Å². The number of esters is 1. The first-order valence-electron chi connectivity index (χ1n) is 4.11. The Bertz CT molecular complexity index is 377. The Kier molecular flexibility index (Phi) is 4.28. The molecule has 0 aliphatic carbocycles. The number of carbonyl (C=O) groups is 2. The fourth-order valence-corrected chi connectivity index (χ4v) is 2.22. The molecule has 0 spiro atoms. The molecule has 0 atom stereocenters. The van der Waals surface area contributed by atoms with Crippen LogP contribution in [0.3, 0.4) is 0 Å². The molecule has 0 bridgehead atoms. The van der Waals surface area contributed by atoms with Gasteiger partial charge in [0.15, 0.2) is 0 Å². The number of nitrogens with zero attached hydrogens (tertiary/aromatic N) is 1. The summed E-state index contributed by atoms with van der Waals surface area (Å²) in [5.74, 6) is -1.48. The smallest absolute Gasteiger partial charge is 0.396 e. The number of rotatable bonds is 2. The average molecular weight is 292 g/mol. The average Bonchev–Trinajstić information content (AvgIpc) is 2.61. The number of hydrogen-bond donors (Lipinski definition) is 0. The van der Waals surface area contributed by atoms with Crippen LogP contribution in [0.5, 0.6) is 0 Å². The molecule has 1 aromatic rings. The highest BCUT2D eigenvalue weighted by Crippen LogP contribution is 2.21. The van der Waals surface area contributed by atoms with Crippen LogP contribution in [0.15, 0.2) is 15.2 Å². The number of ether oxygens (including phenoxy) is 1. The van der Waals surface area contributed by atoms with Gasteiger partial charge in [-0.1, -0.05) is 0 Å². The molecular formula is C9H10BrNO3S. The Morgan fingerprint density at radius 3 is 2.73 bits per heavy atom. The molecule has 1 amide bonds. The maximum atomic E-state index is 11.3. The van der Waals surface area contributed by atoms with Crippen molar-refractivity contribution < 1.29 is 14.3 Å². The fraction of sp³-hybridized carbons (Fsp3) is 0.333.